The van der Waals surface area contributed by atoms with Gasteiger partial charge in [-0.05, 0) is 55.5 Å². The zero-order chi connectivity index (χ0) is 13.0. The molecule has 2 N–H and O–H groups in total. The van der Waals surface area contributed by atoms with Crippen LogP contribution in [0.15, 0.2) is 37.0 Å². The largest absolute Gasteiger partial charge is 0.378 e. The van der Waals surface area contributed by atoms with Crippen molar-refractivity contribution >= 4 is 0 Å². The third-order valence-electron chi connectivity index (χ3n) is 4.12. The van der Waals surface area contributed by atoms with Crippen LogP contribution in [0.1, 0.15) is 36.3 Å². The predicted molar refractivity (Wildman–Crippen MR) is 77.5 cm³/mol. The molecule has 1 saturated carbocycles. The van der Waals surface area contributed by atoms with E-state index >= 15 is 0 Å². The Bertz CT molecular complexity index is 400. The lowest BCUT2D eigenvalue weighted by atomic mass is 9.95. The number of nitrogens with zero attached hydrogens (tertiary/aromatic N) is 1. The zero-order valence-corrected chi connectivity index (χ0v) is 11.3. The first-order chi connectivity index (χ1) is 8.74. The Kier molecular flexibility index (Phi) is 4.43. The van der Waals surface area contributed by atoms with Gasteiger partial charge in [0.05, 0.1) is 0 Å². The topological polar surface area (TPSA) is 29.3 Å². The van der Waals surface area contributed by atoms with Crippen LogP contribution < -0.4 is 5.73 Å². The molecule has 0 heterocycles. The van der Waals surface area contributed by atoms with E-state index in [0.717, 1.165) is 13.0 Å². The fourth-order valence-electron chi connectivity index (χ4n) is 2.95. The maximum atomic E-state index is 5.63. The smallest absolute Gasteiger partial charge is 0.0287 e. The van der Waals surface area contributed by atoms with Gasteiger partial charge in [0.25, 0.3) is 0 Å². The summed E-state index contributed by atoms with van der Waals surface area (Å²) in [4.78, 5) is 2.25. The van der Waals surface area contributed by atoms with Gasteiger partial charge >= 0.3 is 0 Å². The highest BCUT2D eigenvalue weighted by Crippen LogP contribution is 2.36. The number of benzene rings is 1. The van der Waals surface area contributed by atoms with Crippen molar-refractivity contribution < 1.29 is 0 Å². The molecule has 0 aliphatic heterocycles. The van der Waals surface area contributed by atoms with Crippen molar-refractivity contribution in [3.8, 4) is 0 Å². The lowest BCUT2D eigenvalue weighted by molar-refractivity contribution is 0.333. The highest BCUT2D eigenvalue weighted by molar-refractivity contribution is 5.27. The Labute approximate surface area is 110 Å². The van der Waals surface area contributed by atoms with Gasteiger partial charge in [0.15, 0.2) is 0 Å². The molecule has 1 aliphatic carbocycles. The van der Waals surface area contributed by atoms with Crippen molar-refractivity contribution in [3.05, 3.63) is 48.2 Å². The van der Waals surface area contributed by atoms with Gasteiger partial charge in [-0.2, -0.15) is 0 Å². The molecular formula is C16H24N2. The molecule has 0 amide bonds. The van der Waals surface area contributed by atoms with Gasteiger partial charge in [0.2, 0.25) is 0 Å². The zero-order valence-electron chi connectivity index (χ0n) is 11.3. The summed E-state index contributed by atoms with van der Waals surface area (Å²) in [6.45, 7) is 4.59. The second kappa shape index (κ2) is 6.05. The summed E-state index contributed by atoms with van der Waals surface area (Å²) in [7, 11) is 2.13. The fraction of sp³-hybridized carbons (Fsp3) is 0.500. The molecular weight excluding hydrogens is 220 g/mol. The van der Waals surface area contributed by atoms with Crippen LogP contribution in [0.3, 0.4) is 0 Å². The van der Waals surface area contributed by atoms with Crippen molar-refractivity contribution in [2.24, 2.45) is 5.73 Å². The minimum Gasteiger partial charge on any atom is -0.378 e. The highest BCUT2D eigenvalue weighted by atomic mass is 15.1. The summed E-state index contributed by atoms with van der Waals surface area (Å²) in [5.74, 6) is 0.704. The van der Waals surface area contributed by atoms with E-state index in [2.05, 4.69) is 42.8 Å². The van der Waals surface area contributed by atoms with E-state index in [-0.39, 0.29) is 0 Å². The Morgan fingerprint density at radius 1 is 1.44 bits per heavy atom. The molecule has 0 saturated heterocycles. The second-order valence-electron chi connectivity index (χ2n) is 5.30. The van der Waals surface area contributed by atoms with E-state index in [1.54, 1.807) is 0 Å². The van der Waals surface area contributed by atoms with E-state index in [0.29, 0.717) is 12.0 Å². The number of rotatable bonds is 5. The van der Waals surface area contributed by atoms with Gasteiger partial charge in [-0.15, -0.1) is 0 Å². The lowest BCUT2D eigenvalue weighted by Gasteiger charge is -2.22. The summed E-state index contributed by atoms with van der Waals surface area (Å²) >= 11 is 0. The van der Waals surface area contributed by atoms with Crippen LogP contribution in [0.2, 0.25) is 0 Å². The molecule has 2 nitrogen and oxygen atoms in total. The fourth-order valence-corrected chi connectivity index (χ4v) is 2.95. The highest BCUT2D eigenvalue weighted by Gasteiger charge is 2.27. The van der Waals surface area contributed by atoms with Crippen molar-refractivity contribution in [2.45, 2.75) is 37.6 Å². The minimum absolute atomic E-state index is 0.658. The first-order valence-electron chi connectivity index (χ1n) is 6.88. The number of nitrogens with two attached hydrogens (primary N) is 1. The van der Waals surface area contributed by atoms with Crippen LogP contribution in [0.4, 0.5) is 0 Å². The van der Waals surface area contributed by atoms with Crippen molar-refractivity contribution in [2.75, 3.05) is 13.6 Å². The molecule has 2 heteroatoms. The quantitative estimate of drug-likeness (QED) is 0.863. The standard InChI is InChI=1S/C16H24N2/c1-3-18(2)16-8-7-15(12-16)14-6-4-5-13(11-14)9-10-17/h3-6,11,15-16H,1,7-10,12,17H2,2H3. The lowest BCUT2D eigenvalue weighted by Crippen LogP contribution is -2.23. The second-order valence-corrected chi connectivity index (χ2v) is 5.30. The van der Waals surface area contributed by atoms with Gasteiger partial charge in [0, 0.05) is 13.1 Å². The van der Waals surface area contributed by atoms with Crippen LogP contribution >= 0.6 is 0 Å². The van der Waals surface area contributed by atoms with Crippen LogP contribution in [0, 0.1) is 0 Å². The van der Waals surface area contributed by atoms with Crippen LogP contribution in [-0.4, -0.2) is 24.5 Å². The summed E-state index contributed by atoms with van der Waals surface area (Å²) < 4.78 is 0. The van der Waals surface area contributed by atoms with E-state index in [1.807, 2.05) is 6.20 Å². The molecule has 2 unspecified atom stereocenters. The maximum Gasteiger partial charge on any atom is 0.0287 e. The predicted octanol–water partition coefficient (Wildman–Crippen LogP) is 2.90. The first kappa shape index (κ1) is 13.2. The van der Waals surface area contributed by atoms with Crippen LogP contribution in [0.5, 0.6) is 0 Å². The average Bonchev–Trinajstić information content (AvgIpc) is 2.88. The molecule has 2 rings (SSSR count). The third kappa shape index (κ3) is 2.94. The van der Waals surface area contributed by atoms with E-state index in [1.165, 1.54) is 30.4 Å². The molecule has 1 aromatic carbocycles. The Morgan fingerprint density at radius 3 is 3.00 bits per heavy atom. The van der Waals surface area contributed by atoms with Crippen LogP contribution in [-0.2, 0) is 6.42 Å². The van der Waals surface area contributed by atoms with Gasteiger partial charge in [0.1, 0.15) is 0 Å². The van der Waals surface area contributed by atoms with Crippen molar-refractivity contribution in [3.63, 3.8) is 0 Å². The molecule has 0 radical (unpaired) electrons. The van der Waals surface area contributed by atoms with Crippen molar-refractivity contribution in [1.29, 1.82) is 0 Å². The molecule has 18 heavy (non-hydrogen) atoms. The van der Waals surface area contributed by atoms with Crippen LogP contribution in [0.25, 0.3) is 0 Å². The van der Waals surface area contributed by atoms with E-state index in [9.17, 15) is 0 Å². The number of hydrogen-bond donors (Lipinski definition) is 1. The normalized spacial score (nSPS) is 23.0. The maximum absolute atomic E-state index is 5.63. The van der Waals surface area contributed by atoms with E-state index in [4.69, 9.17) is 5.73 Å². The third-order valence-corrected chi connectivity index (χ3v) is 4.12. The van der Waals surface area contributed by atoms with Gasteiger partial charge in [-0.3, -0.25) is 0 Å². The summed E-state index contributed by atoms with van der Waals surface area (Å²) in [6, 6.07) is 9.61. The SMILES string of the molecule is C=CN(C)C1CCC(c2cccc(CCN)c2)C1. The Balaban J connectivity index is 2.04. The molecule has 0 bridgehead atoms. The molecule has 1 aromatic rings. The Hall–Kier alpha value is -1.28. The molecule has 2 atom stereocenters. The first-order valence-corrected chi connectivity index (χ1v) is 6.88. The van der Waals surface area contributed by atoms with Crippen molar-refractivity contribution in [1.82, 2.24) is 4.90 Å². The molecule has 1 aliphatic rings. The molecule has 1 fully saturated rings. The Morgan fingerprint density at radius 2 is 2.28 bits per heavy atom. The molecule has 0 spiro atoms. The minimum atomic E-state index is 0.658. The van der Waals surface area contributed by atoms with Gasteiger partial charge < -0.3 is 10.6 Å². The summed E-state index contributed by atoms with van der Waals surface area (Å²) in [5, 5.41) is 0. The average molecular weight is 244 g/mol. The molecule has 0 aromatic heterocycles. The van der Waals surface area contributed by atoms with Gasteiger partial charge in [-0.1, -0.05) is 30.8 Å². The molecule has 98 valence electrons. The summed E-state index contributed by atoms with van der Waals surface area (Å²) in [5.41, 5.74) is 8.48. The van der Waals surface area contributed by atoms with Gasteiger partial charge in [-0.25, -0.2) is 0 Å². The monoisotopic (exact) mass is 244 g/mol. The summed E-state index contributed by atoms with van der Waals surface area (Å²) in [6.07, 6.45) is 6.73. The number of hydrogen-bond acceptors (Lipinski definition) is 2. The van der Waals surface area contributed by atoms with E-state index < -0.39 is 0 Å².